The van der Waals surface area contributed by atoms with E-state index in [-0.39, 0.29) is 27.9 Å². The molecule has 1 saturated carbocycles. The average Bonchev–Trinajstić information content (AvgIpc) is 3.78. The minimum absolute atomic E-state index is 0.0365. The van der Waals surface area contributed by atoms with Crippen LogP contribution in [0.1, 0.15) is 47.2 Å². The number of rotatable bonds is 6. The zero-order chi connectivity index (χ0) is 35.5. The van der Waals surface area contributed by atoms with Crippen LogP contribution in [-0.2, 0) is 30.4 Å². The zero-order valence-electron chi connectivity index (χ0n) is 26.3. The smallest absolute Gasteiger partial charge is 0.416 e. The van der Waals surface area contributed by atoms with E-state index in [1.165, 1.54) is 59.1 Å². The van der Waals surface area contributed by atoms with Gasteiger partial charge in [0, 0.05) is 18.2 Å². The number of benzene rings is 3. The second kappa shape index (κ2) is 13.9. The fourth-order valence-corrected chi connectivity index (χ4v) is 6.10. The van der Waals surface area contributed by atoms with Crippen LogP contribution in [-0.4, -0.2) is 44.1 Å². The number of aromatic nitrogens is 5. The van der Waals surface area contributed by atoms with E-state index < -0.39 is 33.3 Å². The molecule has 1 fully saturated rings. The first kappa shape index (κ1) is 34.8. The molecule has 0 unspecified atom stereocenters. The normalized spacial score (nSPS) is 13.4. The van der Waals surface area contributed by atoms with Gasteiger partial charge in [-0.2, -0.15) is 18.4 Å². The number of nitrogens with one attached hydrogen (secondary N) is 1. The number of aryl methyl sites for hydroxylation is 1. The molecule has 254 valence electrons. The summed E-state index contributed by atoms with van der Waals surface area (Å²) in [7, 11) is -1.05. The number of carbonyl (C=O) groups is 1. The van der Waals surface area contributed by atoms with Crippen LogP contribution in [0.25, 0.3) is 22.9 Å². The number of halogens is 3. The molecular formula is C33H30F3N7O5S. The molecule has 1 aliphatic rings. The van der Waals surface area contributed by atoms with Crippen molar-refractivity contribution in [3.63, 3.8) is 0 Å². The van der Waals surface area contributed by atoms with Crippen LogP contribution in [0.4, 0.5) is 13.2 Å². The van der Waals surface area contributed by atoms with E-state index in [9.17, 15) is 35.7 Å². The number of hydrogen-bond donors (Lipinski definition) is 1. The molecular weight excluding hydrogens is 663 g/mol. The van der Waals surface area contributed by atoms with E-state index in [0.29, 0.717) is 17.1 Å². The van der Waals surface area contributed by atoms with Gasteiger partial charge in [0.05, 0.1) is 34.8 Å². The summed E-state index contributed by atoms with van der Waals surface area (Å²) in [6.45, 7) is 0. The number of nitriles is 1. The van der Waals surface area contributed by atoms with Gasteiger partial charge in [-0.25, -0.2) is 17.7 Å². The molecule has 0 radical (unpaired) electrons. The van der Waals surface area contributed by atoms with Crippen molar-refractivity contribution in [2.24, 2.45) is 14.1 Å². The van der Waals surface area contributed by atoms with E-state index in [4.69, 9.17) is 5.26 Å². The third-order valence-corrected chi connectivity index (χ3v) is 8.81. The maximum Gasteiger partial charge on any atom is 0.416 e. The fraction of sp³-hybridized carbons (Fsp3) is 0.242. The van der Waals surface area contributed by atoms with Crippen LogP contribution in [0.5, 0.6) is 0 Å². The monoisotopic (exact) mass is 693 g/mol. The lowest BCUT2D eigenvalue weighted by atomic mass is 10.1. The van der Waals surface area contributed by atoms with Gasteiger partial charge < -0.3 is 9.87 Å². The lowest BCUT2D eigenvalue weighted by Gasteiger charge is -2.12. The Labute approximate surface area is 279 Å². The highest BCUT2D eigenvalue weighted by atomic mass is 32.2. The summed E-state index contributed by atoms with van der Waals surface area (Å²) >= 11 is 0. The Kier molecular flexibility index (Phi) is 9.88. The quantitative estimate of drug-likeness (QED) is 0.208. The number of amides is 1. The number of alkyl halides is 3. The van der Waals surface area contributed by atoms with Crippen LogP contribution >= 0.6 is 0 Å². The summed E-state index contributed by atoms with van der Waals surface area (Å²) in [5.74, 6) is -0.252. The third kappa shape index (κ3) is 7.47. The molecule has 1 N–H and O–H groups in total. The minimum Gasteiger partial charge on any atom is -0.744 e. The van der Waals surface area contributed by atoms with Crippen LogP contribution in [0.2, 0.25) is 0 Å². The molecule has 3 aromatic carbocycles. The van der Waals surface area contributed by atoms with E-state index in [1.54, 1.807) is 41.9 Å². The predicted molar refractivity (Wildman–Crippen MR) is 169 cm³/mol. The Hall–Kier alpha value is -5.53. The number of carbonyl (C=O) groups excluding carboxylic acids is 1. The highest BCUT2D eigenvalue weighted by molar-refractivity contribution is 7.85. The second-order valence-corrected chi connectivity index (χ2v) is 12.6. The van der Waals surface area contributed by atoms with Crippen LogP contribution < -0.4 is 15.4 Å². The van der Waals surface area contributed by atoms with E-state index in [0.717, 1.165) is 42.5 Å². The average molecular weight is 694 g/mol. The first-order valence-corrected chi connectivity index (χ1v) is 16.4. The van der Waals surface area contributed by atoms with E-state index >= 15 is 0 Å². The Morgan fingerprint density at radius 3 is 2.24 bits per heavy atom. The van der Waals surface area contributed by atoms with Crippen molar-refractivity contribution in [3.05, 3.63) is 112 Å². The Morgan fingerprint density at radius 2 is 1.67 bits per heavy atom. The molecule has 2 heterocycles. The maximum absolute atomic E-state index is 13.9. The summed E-state index contributed by atoms with van der Waals surface area (Å²) in [5, 5.41) is 16.5. The summed E-state index contributed by atoms with van der Waals surface area (Å²) in [6.07, 6.45) is 0.373. The molecule has 6 rings (SSSR count). The SMILES string of the molecule is Cn1c(-c2n(-c3ccc(C#N)cc3)nc[n+]2C)c(C(=O)NC2CCCC2)c(=O)n1-c1cccc(C(F)(F)F)c1.O=S(=O)([O-])c1ccccc1. The molecule has 0 atom stereocenters. The second-order valence-electron chi connectivity index (χ2n) is 11.3. The first-order chi connectivity index (χ1) is 23.2. The lowest BCUT2D eigenvalue weighted by Crippen LogP contribution is -2.37. The summed E-state index contributed by atoms with van der Waals surface area (Å²) < 4.78 is 76.9. The minimum atomic E-state index is -4.61. The van der Waals surface area contributed by atoms with Gasteiger partial charge in [-0.05, 0) is 67.4 Å². The standard InChI is InChI=1S/C27H24F3N7O2.C6H6O3S/c1-34-16-32-36(20-12-10-17(15-31)11-13-20)25(34)23-22(24(38)33-19-7-3-4-8-19)26(39)37(35(23)2)21-9-5-6-18(14-21)27(28,29)30;7-10(8,9)6-4-2-1-3-5-6/h5-6,9-14,16,19H,3-4,7-8H2,1-2H3;1-5H,(H,7,8,9). The van der Waals surface area contributed by atoms with Gasteiger partial charge in [0.25, 0.3) is 23.6 Å². The van der Waals surface area contributed by atoms with Gasteiger partial charge in [-0.1, -0.05) is 41.8 Å². The van der Waals surface area contributed by atoms with Crippen molar-refractivity contribution in [1.82, 2.24) is 24.5 Å². The number of hydrogen-bond acceptors (Lipinski definition) is 7. The molecule has 0 spiro atoms. The Bertz CT molecular complexity index is 2200. The third-order valence-electron chi connectivity index (χ3n) is 7.96. The summed E-state index contributed by atoms with van der Waals surface area (Å²) in [5.41, 5.74) is -0.729. The number of nitrogens with zero attached hydrogens (tertiary/aromatic N) is 6. The summed E-state index contributed by atoms with van der Waals surface area (Å²) in [6, 6.07) is 20.1. The molecule has 16 heteroatoms. The van der Waals surface area contributed by atoms with E-state index in [1.807, 2.05) is 0 Å². The molecule has 2 aromatic heterocycles. The first-order valence-electron chi connectivity index (χ1n) is 15.0. The molecule has 0 bridgehead atoms. The van der Waals surface area contributed by atoms with Gasteiger partial charge in [0.1, 0.15) is 21.4 Å². The highest BCUT2D eigenvalue weighted by Gasteiger charge is 2.36. The fourth-order valence-electron chi connectivity index (χ4n) is 5.61. The van der Waals surface area contributed by atoms with Gasteiger partial charge in [0.2, 0.25) is 0 Å². The van der Waals surface area contributed by atoms with Crippen LogP contribution in [0.3, 0.4) is 0 Å². The largest absolute Gasteiger partial charge is 0.744 e. The highest BCUT2D eigenvalue weighted by Crippen LogP contribution is 2.31. The molecule has 5 aromatic rings. The Morgan fingerprint density at radius 1 is 1.02 bits per heavy atom. The zero-order valence-corrected chi connectivity index (χ0v) is 27.1. The van der Waals surface area contributed by atoms with Gasteiger partial charge >= 0.3 is 6.18 Å². The predicted octanol–water partition coefficient (Wildman–Crippen LogP) is 4.01. The molecule has 0 aliphatic heterocycles. The maximum atomic E-state index is 13.9. The molecule has 12 nitrogen and oxygen atoms in total. The van der Waals surface area contributed by atoms with Crippen molar-refractivity contribution < 1.29 is 35.5 Å². The molecule has 1 aliphatic carbocycles. The van der Waals surface area contributed by atoms with E-state index in [2.05, 4.69) is 16.5 Å². The topological polar surface area (TPSA) is 159 Å². The van der Waals surface area contributed by atoms with Gasteiger partial charge in [-0.15, -0.1) is 0 Å². The Balaban J connectivity index is 0.000000402. The van der Waals surface area contributed by atoms with Crippen LogP contribution in [0.15, 0.2) is 94.9 Å². The van der Waals surface area contributed by atoms with Crippen LogP contribution in [0, 0.1) is 11.3 Å². The van der Waals surface area contributed by atoms with Gasteiger partial charge in [-0.3, -0.25) is 14.3 Å². The van der Waals surface area contributed by atoms with Crippen molar-refractivity contribution >= 4 is 16.0 Å². The molecule has 49 heavy (non-hydrogen) atoms. The molecule has 1 amide bonds. The van der Waals surface area contributed by atoms with Crippen molar-refractivity contribution in [2.75, 3.05) is 0 Å². The van der Waals surface area contributed by atoms with Crippen molar-refractivity contribution in [3.8, 4) is 29.0 Å². The lowest BCUT2D eigenvalue weighted by molar-refractivity contribution is -0.661. The summed E-state index contributed by atoms with van der Waals surface area (Å²) in [4.78, 5) is 27.3. The molecule has 0 saturated heterocycles. The van der Waals surface area contributed by atoms with Crippen molar-refractivity contribution in [2.45, 2.75) is 42.8 Å². The van der Waals surface area contributed by atoms with Gasteiger partial charge in [0.15, 0.2) is 5.69 Å². The van der Waals surface area contributed by atoms with Crippen molar-refractivity contribution in [1.29, 1.82) is 5.26 Å².